The summed E-state index contributed by atoms with van der Waals surface area (Å²) in [5, 5.41) is 11.4. The first kappa shape index (κ1) is 21.3. The Morgan fingerprint density at radius 2 is 1.96 bits per heavy atom. The Morgan fingerprint density at radius 3 is 2.52 bits per heavy atom. The first-order valence-electron chi connectivity index (χ1n) is 8.31. The molecule has 0 aromatic heterocycles. The minimum atomic E-state index is -1.91. The number of ether oxygens (including phenoxy) is 2. The second-order valence-corrected chi connectivity index (χ2v) is 12.1. The van der Waals surface area contributed by atoms with Crippen molar-refractivity contribution < 1.29 is 18.8 Å². The lowest BCUT2D eigenvalue weighted by molar-refractivity contribution is -0.386. The Balaban J connectivity index is 2.77. The van der Waals surface area contributed by atoms with Crippen LogP contribution in [0.15, 0.2) is 30.9 Å². The summed E-state index contributed by atoms with van der Waals surface area (Å²) in [6.07, 6.45) is 1.64. The molecule has 0 heterocycles. The summed E-state index contributed by atoms with van der Waals surface area (Å²) in [5.41, 5.74) is 0.715. The number of nitrogens with zero attached hydrogens (tertiary/aromatic N) is 1. The van der Waals surface area contributed by atoms with Crippen molar-refractivity contribution in [2.24, 2.45) is 0 Å². The summed E-state index contributed by atoms with van der Waals surface area (Å²) in [6.45, 7) is 15.7. The predicted octanol–water partition coefficient (Wildman–Crippen LogP) is 4.70. The van der Waals surface area contributed by atoms with Crippen LogP contribution in [-0.2, 0) is 15.8 Å². The molecular formula is C18H29NO5Si. The molecule has 0 saturated heterocycles. The van der Waals surface area contributed by atoms with Crippen molar-refractivity contribution >= 4 is 14.0 Å². The smallest absolute Gasteiger partial charge is 0.311 e. The van der Waals surface area contributed by atoms with E-state index in [1.807, 2.05) is 0 Å². The highest BCUT2D eigenvalue weighted by Gasteiger charge is 2.37. The molecule has 0 N–H and O–H groups in total. The van der Waals surface area contributed by atoms with Gasteiger partial charge in [0.1, 0.15) is 6.61 Å². The largest absolute Gasteiger partial charge is 0.484 e. The molecule has 0 atom stereocenters. The number of nitro groups is 1. The Bertz CT molecular complexity index is 596. The van der Waals surface area contributed by atoms with E-state index in [4.69, 9.17) is 13.9 Å². The Hall–Kier alpha value is -1.70. The van der Waals surface area contributed by atoms with Gasteiger partial charge in [-0.3, -0.25) is 10.1 Å². The zero-order valence-electron chi connectivity index (χ0n) is 15.8. The zero-order valence-corrected chi connectivity index (χ0v) is 16.8. The van der Waals surface area contributed by atoms with Crippen LogP contribution in [-0.4, -0.2) is 33.1 Å². The van der Waals surface area contributed by atoms with Crippen molar-refractivity contribution in [2.45, 2.75) is 45.5 Å². The third-order valence-electron chi connectivity index (χ3n) is 4.35. The van der Waals surface area contributed by atoms with Crippen LogP contribution in [0.4, 0.5) is 5.69 Å². The molecule has 0 fully saturated rings. The third kappa shape index (κ3) is 6.60. The summed E-state index contributed by atoms with van der Waals surface area (Å²) in [4.78, 5) is 10.9. The highest BCUT2D eigenvalue weighted by molar-refractivity contribution is 6.74. The van der Waals surface area contributed by atoms with Gasteiger partial charge in [-0.1, -0.05) is 32.9 Å². The van der Waals surface area contributed by atoms with Crippen LogP contribution in [0.2, 0.25) is 18.1 Å². The first-order chi connectivity index (χ1) is 11.6. The monoisotopic (exact) mass is 367 g/mol. The minimum absolute atomic E-state index is 0.0555. The molecule has 1 rings (SSSR count). The normalized spacial score (nSPS) is 12.0. The van der Waals surface area contributed by atoms with Crippen molar-refractivity contribution in [3.63, 3.8) is 0 Å². The van der Waals surface area contributed by atoms with Crippen molar-refractivity contribution in [2.75, 3.05) is 19.8 Å². The van der Waals surface area contributed by atoms with Crippen LogP contribution in [0.25, 0.3) is 0 Å². The molecule has 0 radical (unpaired) electrons. The standard InChI is InChI=1S/C18H29NO5Si/c1-7-10-22-11-12-23-17-9-8-15(13-16(17)19(20)21)14-24-25(5,6)18(2,3)4/h7-9,13H,1,10-12,14H2,2-6H3. The topological polar surface area (TPSA) is 70.8 Å². The fourth-order valence-corrected chi connectivity index (χ4v) is 2.74. The maximum absolute atomic E-state index is 11.3. The molecule has 0 spiro atoms. The molecule has 0 aliphatic rings. The van der Waals surface area contributed by atoms with Crippen LogP contribution in [0.1, 0.15) is 26.3 Å². The molecule has 1 aromatic carbocycles. The van der Waals surface area contributed by atoms with Gasteiger partial charge in [-0.05, 0) is 29.8 Å². The van der Waals surface area contributed by atoms with Crippen LogP contribution >= 0.6 is 0 Å². The molecule has 7 heteroatoms. The minimum Gasteiger partial charge on any atom is -0.484 e. The summed E-state index contributed by atoms with van der Waals surface area (Å²) >= 11 is 0. The molecular weight excluding hydrogens is 338 g/mol. The van der Waals surface area contributed by atoms with E-state index >= 15 is 0 Å². The van der Waals surface area contributed by atoms with Crippen molar-refractivity contribution in [1.29, 1.82) is 0 Å². The predicted molar refractivity (Wildman–Crippen MR) is 102 cm³/mol. The molecule has 6 nitrogen and oxygen atoms in total. The van der Waals surface area contributed by atoms with Gasteiger partial charge in [-0.2, -0.15) is 0 Å². The van der Waals surface area contributed by atoms with Gasteiger partial charge in [0.05, 0.1) is 24.7 Å². The van der Waals surface area contributed by atoms with Gasteiger partial charge >= 0.3 is 5.69 Å². The van der Waals surface area contributed by atoms with Gasteiger partial charge in [0.25, 0.3) is 0 Å². The molecule has 0 aliphatic carbocycles. The lowest BCUT2D eigenvalue weighted by Gasteiger charge is -2.36. The quantitative estimate of drug-likeness (QED) is 0.197. The average molecular weight is 368 g/mol. The molecule has 0 bridgehead atoms. The number of hydrogen-bond acceptors (Lipinski definition) is 5. The maximum Gasteiger partial charge on any atom is 0.311 e. The van der Waals surface area contributed by atoms with Crippen LogP contribution < -0.4 is 4.74 Å². The number of benzene rings is 1. The molecule has 1 aromatic rings. The molecule has 0 unspecified atom stereocenters. The van der Waals surface area contributed by atoms with Gasteiger partial charge in [0.15, 0.2) is 14.1 Å². The van der Waals surface area contributed by atoms with E-state index in [2.05, 4.69) is 40.4 Å². The third-order valence-corrected chi connectivity index (χ3v) is 8.83. The number of hydrogen-bond donors (Lipinski definition) is 0. The molecule has 0 saturated carbocycles. The van der Waals surface area contributed by atoms with E-state index < -0.39 is 13.2 Å². The van der Waals surface area contributed by atoms with Crippen LogP contribution in [0.5, 0.6) is 5.75 Å². The lowest BCUT2D eigenvalue weighted by Crippen LogP contribution is -2.40. The SMILES string of the molecule is C=CCOCCOc1ccc(CO[Si](C)(C)C(C)(C)C)cc1[N+](=O)[O-]. The van der Waals surface area contributed by atoms with E-state index in [1.165, 1.54) is 6.07 Å². The summed E-state index contributed by atoms with van der Waals surface area (Å²) in [5.74, 6) is 0.239. The fourth-order valence-electron chi connectivity index (χ4n) is 1.77. The summed E-state index contributed by atoms with van der Waals surface area (Å²) < 4.78 is 16.8. The van der Waals surface area contributed by atoms with E-state index in [0.717, 1.165) is 5.56 Å². The zero-order chi connectivity index (χ0) is 19.1. The number of rotatable bonds is 10. The van der Waals surface area contributed by atoms with E-state index in [-0.39, 0.29) is 23.1 Å². The van der Waals surface area contributed by atoms with Crippen molar-refractivity contribution in [3.8, 4) is 5.75 Å². The molecule has 140 valence electrons. The fraction of sp³-hybridized carbons (Fsp3) is 0.556. The Kier molecular flexibility index (Phi) is 7.79. The van der Waals surface area contributed by atoms with Gasteiger partial charge in [0, 0.05) is 6.07 Å². The lowest BCUT2D eigenvalue weighted by atomic mass is 10.2. The second kappa shape index (κ2) is 9.12. The number of nitro benzene ring substituents is 1. The van der Waals surface area contributed by atoms with Crippen LogP contribution in [0.3, 0.4) is 0 Å². The van der Waals surface area contributed by atoms with Crippen LogP contribution in [0, 0.1) is 10.1 Å². The summed E-state index contributed by atoms with van der Waals surface area (Å²) in [7, 11) is -1.91. The van der Waals surface area contributed by atoms with Gasteiger partial charge in [-0.15, -0.1) is 6.58 Å². The Morgan fingerprint density at radius 1 is 1.28 bits per heavy atom. The highest BCUT2D eigenvalue weighted by Crippen LogP contribution is 2.37. The van der Waals surface area contributed by atoms with Gasteiger partial charge in [-0.25, -0.2) is 0 Å². The van der Waals surface area contributed by atoms with Crippen molar-refractivity contribution in [3.05, 3.63) is 46.5 Å². The second-order valence-electron chi connectivity index (χ2n) is 7.32. The van der Waals surface area contributed by atoms with Gasteiger partial charge < -0.3 is 13.9 Å². The summed E-state index contributed by atoms with van der Waals surface area (Å²) in [6, 6.07) is 4.95. The van der Waals surface area contributed by atoms with E-state index in [9.17, 15) is 10.1 Å². The molecule has 25 heavy (non-hydrogen) atoms. The first-order valence-corrected chi connectivity index (χ1v) is 11.2. The Labute approximate surface area is 151 Å². The van der Waals surface area contributed by atoms with Crippen molar-refractivity contribution in [1.82, 2.24) is 0 Å². The molecule has 0 aliphatic heterocycles. The van der Waals surface area contributed by atoms with Gasteiger partial charge in [0.2, 0.25) is 0 Å². The maximum atomic E-state index is 11.3. The highest BCUT2D eigenvalue weighted by atomic mass is 28.4. The van der Waals surface area contributed by atoms with E-state index in [1.54, 1.807) is 18.2 Å². The average Bonchev–Trinajstić information content (AvgIpc) is 2.52. The van der Waals surface area contributed by atoms with E-state index in [0.29, 0.717) is 19.8 Å². The molecule has 0 amide bonds.